The van der Waals surface area contributed by atoms with Gasteiger partial charge in [-0.15, -0.1) is 0 Å². The Morgan fingerprint density at radius 3 is 2.58 bits per heavy atom. The first-order chi connectivity index (χ1) is 12.3. The highest BCUT2D eigenvalue weighted by atomic mass is 19.1. The minimum absolute atomic E-state index is 0.0438. The Bertz CT molecular complexity index is 968. The van der Waals surface area contributed by atoms with E-state index < -0.39 is 11.6 Å². The highest BCUT2D eigenvalue weighted by Gasteiger charge is 2.16. The molecule has 0 aliphatic rings. The maximum atomic E-state index is 13.8. The Labute approximate surface area is 148 Å². The molecule has 2 aromatic carbocycles. The van der Waals surface area contributed by atoms with Crippen LogP contribution >= 0.6 is 0 Å². The second-order valence-electron chi connectivity index (χ2n) is 6.01. The number of aryl methyl sites for hydroxylation is 1. The van der Waals surface area contributed by atoms with Gasteiger partial charge in [0, 0.05) is 25.9 Å². The summed E-state index contributed by atoms with van der Waals surface area (Å²) in [6.07, 6.45) is 2.70. The Morgan fingerprint density at radius 1 is 1.12 bits per heavy atom. The molecule has 0 unspecified atom stereocenters. The topological polar surface area (TPSA) is 38.1 Å². The van der Waals surface area contributed by atoms with Crippen LogP contribution in [0.5, 0.6) is 0 Å². The van der Waals surface area contributed by atoms with Gasteiger partial charge in [0.05, 0.1) is 11.8 Å². The molecule has 3 aromatic rings. The molecule has 0 N–H and O–H groups in total. The van der Waals surface area contributed by atoms with Crippen LogP contribution in [0.3, 0.4) is 0 Å². The normalized spacial score (nSPS) is 10.8. The summed E-state index contributed by atoms with van der Waals surface area (Å²) in [5.41, 5.74) is 1.59. The van der Waals surface area contributed by atoms with Crippen LogP contribution in [0.15, 0.2) is 48.8 Å². The number of halogens is 3. The molecule has 1 aromatic heterocycles. The predicted molar refractivity (Wildman–Crippen MR) is 90.4 cm³/mol. The number of carbonyl (C=O) groups excluding carboxylic acids is 1. The molecule has 26 heavy (non-hydrogen) atoms. The lowest BCUT2D eigenvalue weighted by molar-refractivity contribution is 0.0785. The summed E-state index contributed by atoms with van der Waals surface area (Å²) in [5.74, 6) is -2.09. The number of benzene rings is 2. The van der Waals surface area contributed by atoms with E-state index in [1.807, 2.05) is 0 Å². The number of hydrogen-bond acceptors (Lipinski definition) is 2. The summed E-state index contributed by atoms with van der Waals surface area (Å²) in [5, 5.41) is 3.97. The van der Waals surface area contributed by atoms with Gasteiger partial charge in [-0.2, -0.15) is 5.10 Å². The molecular formula is C19H16F3N3O. The van der Waals surface area contributed by atoms with Gasteiger partial charge >= 0.3 is 0 Å². The fraction of sp³-hybridized carbons (Fsp3) is 0.158. The molecule has 7 heteroatoms. The average Bonchev–Trinajstić information content (AvgIpc) is 3.07. The van der Waals surface area contributed by atoms with Crippen molar-refractivity contribution in [2.75, 3.05) is 7.05 Å². The second kappa shape index (κ2) is 7.03. The maximum Gasteiger partial charge on any atom is 0.257 e. The molecule has 0 fully saturated rings. The molecule has 3 rings (SSSR count). The summed E-state index contributed by atoms with van der Waals surface area (Å²) in [6.45, 7) is 1.94. The standard InChI is InChI=1S/C19H16F3N3O/c1-12-7-13(3-5-16(12)21)10-24(2)19(26)14-9-23-25(11-14)18-6-4-15(20)8-17(18)22/h3-9,11H,10H2,1-2H3. The van der Waals surface area contributed by atoms with Crippen molar-refractivity contribution < 1.29 is 18.0 Å². The first kappa shape index (κ1) is 17.7. The summed E-state index contributed by atoms with van der Waals surface area (Å²) in [4.78, 5) is 14.0. The molecule has 1 amide bonds. The van der Waals surface area contributed by atoms with Crippen LogP contribution in [-0.4, -0.2) is 27.6 Å². The number of rotatable bonds is 4. The Balaban J connectivity index is 1.77. The van der Waals surface area contributed by atoms with Crippen molar-refractivity contribution in [2.45, 2.75) is 13.5 Å². The molecule has 0 radical (unpaired) electrons. The quantitative estimate of drug-likeness (QED) is 0.709. The fourth-order valence-corrected chi connectivity index (χ4v) is 2.60. The lowest BCUT2D eigenvalue weighted by atomic mass is 10.1. The van der Waals surface area contributed by atoms with E-state index >= 15 is 0 Å². The largest absolute Gasteiger partial charge is 0.337 e. The average molecular weight is 359 g/mol. The second-order valence-corrected chi connectivity index (χ2v) is 6.01. The van der Waals surface area contributed by atoms with Crippen molar-refractivity contribution in [3.8, 4) is 5.69 Å². The smallest absolute Gasteiger partial charge is 0.257 e. The van der Waals surface area contributed by atoms with Crippen molar-refractivity contribution in [3.63, 3.8) is 0 Å². The van der Waals surface area contributed by atoms with Crippen LogP contribution < -0.4 is 0 Å². The van der Waals surface area contributed by atoms with E-state index in [2.05, 4.69) is 5.10 Å². The van der Waals surface area contributed by atoms with Crippen LogP contribution in [-0.2, 0) is 6.54 Å². The van der Waals surface area contributed by atoms with Crippen molar-refractivity contribution in [1.29, 1.82) is 0 Å². The van der Waals surface area contributed by atoms with E-state index in [-0.39, 0.29) is 29.5 Å². The first-order valence-corrected chi connectivity index (χ1v) is 7.86. The summed E-state index contributed by atoms with van der Waals surface area (Å²) < 4.78 is 41.4. The molecule has 0 saturated carbocycles. The predicted octanol–water partition coefficient (Wildman–Crippen LogP) is 3.87. The summed E-state index contributed by atoms with van der Waals surface area (Å²) in [6, 6.07) is 7.77. The zero-order chi connectivity index (χ0) is 18.8. The minimum Gasteiger partial charge on any atom is -0.337 e. The molecule has 1 heterocycles. The van der Waals surface area contributed by atoms with E-state index in [0.29, 0.717) is 5.56 Å². The summed E-state index contributed by atoms with van der Waals surface area (Å²) in [7, 11) is 1.61. The van der Waals surface area contributed by atoms with Gasteiger partial charge in [0.15, 0.2) is 5.82 Å². The van der Waals surface area contributed by atoms with Gasteiger partial charge in [-0.25, -0.2) is 17.9 Å². The van der Waals surface area contributed by atoms with Gasteiger partial charge in [-0.1, -0.05) is 12.1 Å². The van der Waals surface area contributed by atoms with Gasteiger partial charge in [0.1, 0.15) is 17.3 Å². The van der Waals surface area contributed by atoms with Gasteiger partial charge in [0.2, 0.25) is 0 Å². The van der Waals surface area contributed by atoms with E-state index in [9.17, 15) is 18.0 Å². The number of amides is 1. The maximum absolute atomic E-state index is 13.8. The molecule has 0 spiro atoms. The lowest BCUT2D eigenvalue weighted by Gasteiger charge is -2.16. The number of nitrogens with zero attached hydrogens (tertiary/aromatic N) is 3. The third kappa shape index (κ3) is 3.61. The third-order valence-corrected chi connectivity index (χ3v) is 3.97. The zero-order valence-electron chi connectivity index (χ0n) is 14.2. The molecule has 4 nitrogen and oxygen atoms in total. The first-order valence-electron chi connectivity index (χ1n) is 7.86. The van der Waals surface area contributed by atoms with E-state index in [4.69, 9.17) is 0 Å². The van der Waals surface area contributed by atoms with Gasteiger partial charge in [0.25, 0.3) is 5.91 Å². The van der Waals surface area contributed by atoms with E-state index in [1.165, 1.54) is 34.1 Å². The molecule has 0 bridgehead atoms. The van der Waals surface area contributed by atoms with Gasteiger partial charge < -0.3 is 4.90 Å². The number of hydrogen-bond donors (Lipinski definition) is 0. The molecule has 0 aliphatic carbocycles. The Kier molecular flexibility index (Phi) is 4.79. The van der Waals surface area contributed by atoms with Crippen molar-refractivity contribution in [3.05, 3.63) is 82.9 Å². The third-order valence-electron chi connectivity index (χ3n) is 3.97. The minimum atomic E-state index is -0.776. The zero-order valence-corrected chi connectivity index (χ0v) is 14.2. The lowest BCUT2D eigenvalue weighted by Crippen LogP contribution is -2.26. The van der Waals surface area contributed by atoms with E-state index in [1.54, 1.807) is 26.1 Å². The molecule has 0 saturated heterocycles. The SMILES string of the molecule is Cc1cc(CN(C)C(=O)c2cnn(-c3ccc(F)cc3F)c2)ccc1F. The highest BCUT2D eigenvalue weighted by molar-refractivity contribution is 5.93. The molecule has 0 atom stereocenters. The van der Waals surface area contributed by atoms with Crippen molar-refractivity contribution in [1.82, 2.24) is 14.7 Å². The van der Waals surface area contributed by atoms with Gasteiger partial charge in [-0.3, -0.25) is 4.79 Å². The van der Waals surface area contributed by atoms with E-state index in [0.717, 1.165) is 17.7 Å². The molecule has 134 valence electrons. The van der Waals surface area contributed by atoms with Gasteiger partial charge in [-0.05, 0) is 36.2 Å². The number of carbonyl (C=O) groups is 1. The highest BCUT2D eigenvalue weighted by Crippen LogP contribution is 2.16. The van der Waals surface area contributed by atoms with Crippen LogP contribution in [0.4, 0.5) is 13.2 Å². The summed E-state index contributed by atoms with van der Waals surface area (Å²) >= 11 is 0. The van der Waals surface area contributed by atoms with Crippen LogP contribution in [0.2, 0.25) is 0 Å². The Morgan fingerprint density at radius 2 is 1.88 bits per heavy atom. The Hall–Kier alpha value is -3.09. The molecular weight excluding hydrogens is 343 g/mol. The van der Waals surface area contributed by atoms with Crippen LogP contribution in [0, 0.1) is 24.4 Å². The van der Waals surface area contributed by atoms with Crippen LogP contribution in [0.25, 0.3) is 5.69 Å². The van der Waals surface area contributed by atoms with Crippen molar-refractivity contribution in [2.24, 2.45) is 0 Å². The number of aromatic nitrogens is 2. The monoisotopic (exact) mass is 359 g/mol. The fourth-order valence-electron chi connectivity index (χ4n) is 2.60. The van der Waals surface area contributed by atoms with Crippen molar-refractivity contribution >= 4 is 5.91 Å². The van der Waals surface area contributed by atoms with Crippen LogP contribution in [0.1, 0.15) is 21.5 Å². The molecule has 0 aliphatic heterocycles.